The molecule has 1 heterocycles. The van der Waals surface area contributed by atoms with Crippen molar-refractivity contribution in [2.45, 2.75) is 6.18 Å². The van der Waals surface area contributed by atoms with Gasteiger partial charge in [-0.05, 0) is 6.07 Å². The molecule has 0 radical (unpaired) electrons. The Bertz CT molecular complexity index is 923. The van der Waals surface area contributed by atoms with Crippen molar-refractivity contribution in [3.63, 3.8) is 0 Å². The molecule has 0 unspecified atom stereocenters. The van der Waals surface area contributed by atoms with E-state index in [0.29, 0.717) is 6.07 Å². The predicted octanol–water partition coefficient (Wildman–Crippen LogP) is 2.17. The Balaban J connectivity index is 3.21. The highest BCUT2D eigenvalue weighted by Crippen LogP contribution is 2.42. The molecule has 7 nitrogen and oxygen atoms in total. The van der Waals surface area contributed by atoms with Gasteiger partial charge in [0.25, 0.3) is 5.56 Å². The number of aromatic hydroxyl groups is 1. The largest absolute Gasteiger partial charge is 0.504 e. The number of rotatable bonds is 1. The van der Waals surface area contributed by atoms with Gasteiger partial charge in [-0.1, -0.05) is 11.6 Å². The van der Waals surface area contributed by atoms with E-state index >= 15 is 0 Å². The maximum absolute atomic E-state index is 12.9. The second-order valence-corrected chi connectivity index (χ2v) is 4.49. The molecule has 2 N–H and O–H groups in total. The Morgan fingerprint density at radius 1 is 1.27 bits per heavy atom. The SMILES string of the molecule is O=c1cc(O)c(=O)c2c(Cl)c([N+](=O)[O-])c(C(F)(F)F)cc2[nH]1. The first-order chi connectivity index (χ1) is 10.0. The first kappa shape index (κ1) is 15.8. The van der Waals surface area contributed by atoms with E-state index in [-0.39, 0.29) is 6.07 Å². The van der Waals surface area contributed by atoms with Crippen LogP contribution in [0.2, 0.25) is 5.02 Å². The van der Waals surface area contributed by atoms with Gasteiger partial charge in [-0.15, -0.1) is 0 Å². The van der Waals surface area contributed by atoms with Gasteiger partial charge in [0.1, 0.15) is 10.6 Å². The minimum absolute atomic E-state index is 0.224. The number of fused-ring (bicyclic) bond motifs is 1. The lowest BCUT2D eigenvalue weighted by atomic mass is 10.1. The number of H-pyrrole nitrogens is 1. The zero-order valence-corrected chi connectivity index (χ0v) is 10.9. The third-order valence-corrected chi connectivity index (χ3v) is 3.08. The lowest BCUT2D eigenvalue weighted by Gasteiger charge is -2.09. The van der Waals surface area contributed by atoms with E-state index in [1.54, 1.807) is 0 Å². The van der Waals surface area contributed by atoms with Crippen LogP contribution in [-0.4, -0.2) is 15.0 Å². The third-order valence-electron chi connectivity index (χ3n) is 2.71. The number of aromatic nitrogens is 1. The highest BCUT2D eigenvalue weighted by molar-refractivity contribution is 6.37. The van der Waals surface area contributed by atoms with Gasteiger partial charge in [0.15, 0.2) is 5.75 Å². The van der Waals surface area contributed by atoms with Crippen molar-refractivity contribution in [2.24, 2.45) is 0 Å². The molecule has 0 aliphatic heterocycles. The number of aromatic amines is 1. The summed E-state index contributed by atoms with van der Waals surface area (Å²) in [5.41, 5.74) is -6.34. The van der Waals surface area contributed by atoms with E-state index in [0.717, 1.165) is 0 Å². The van der Waals surface area contributed by atoms with Gasteiger partial charge in [0.2, 0.25) is 5.43 Å². The van der Waals surface area contributed by atoms with Gasteiger partial charge in [-0.25, -0.2) is 0 Å². The molecule has 116 valence electrons. The second kappa shape index (κ2) is 4.98. The predicted molar refractivity (Wildman–Crippen MR) is 69.2 cm³/mol. The molecule has 11 heteroatoms. The molecule has 0 aliphatic carbocycles. The minimum atomic E-state index is -5.14. The first-order valence-electron chi connectivity index (χ1n) is 5.38. The number of benzene rings is 1. The fourth-order valence-corrected chi connectivity index (χ4v) is 2.20. The number of nitrogens with one attached hydrogen (secondary N) is 1. The molecule has 2 aromatic rings. The van der Waals surface area contributed by atoms with Gasteiger partial charge < -0.3 is 10.1 Å². The molecular formula is C11H4ClF3N2O5. The molecule has 1 aromatic heterocycles. The van der Waals surface area contributed by atoms with Gasteiger partial charge in [0, 0.05) is 6.07 Å². The summed E-state index contributed by atoms with van der Waals surface area (Å²) in [6, 6.07) is 0.652. The van der Waals surface area contributed by atoms with E-state index in [4.69, 9.17) is 11.6 Å². The lowest BCUT2D eigenvalue weighted by Crippen LogP contribution is -2.11. The van der Waals surface area contributed by atoms with Crippen LogP contribution in [0.5, 0.6) is 5.75 Å². The van der Waals surface area contributed by atoms with Crippen LogP contribution in [0, 0.1) is 10.1 Å². The summed E-state index contributed by atoms with van der Waals surface area (Å²) in [5.74, 6) is -1.10. The fraction of sp³-hybridized carbons (Fsp3) is 0.0909. The van der Waals surface area contributed by atoms with Crippen molar-refractivity contribution in [3.8, 4) is 5.75 Å². The molecule has 0 fully saturated rings. The summed E-state index contributed by atoms with van der Waals surface area (Å²) in [6.07, 6.45) is -5.14. The van der Waals surface area contributed by atoms with E-state index in [9.17, 15) is 38.0 Å². The summed E-state index contributed by atoms with van der Waals surface area (Å²) >= 11 is 5.56. The highest BCUT2D eigenvalue weighted by atomic mass is 35.5. The van der Waals surface area contributed by atoms with Gasteiger partial charge in [0.05, 0.1) is 15.8 Å². The monoisotopic (exact) mass is 336 g/mol. The van der Waals surface area contributed by atoms with Crippen LogP contribution < -0.4 is 11.0 Å². The van der Waals surface area contributed by atoms with Crippen molar-refractivity contribution in [3.05, 3.63) is 53.4 Å². The molecule has 22 heavy (non-hydrogen) atoms. The Hall–Kier alpha value is -2.62. The topological polar surface area (TPSA) is 113 Å². The highest BCUT2D eigenvalue weighted by Gasteiger charge is 2.41. The summed E-state index contributed by atoms with van der Waals surface area (Å²) in [6.45, 7) is 0. The summed E-state index contributed by atoms with van der Waals surface area (Å²) < 4.78 is 38.7. The standard InChI is InChI=1S/C11H4ClF3N2O5/c12-8-7-4(16-6(19)2-5(18)10(7)20)1-3(11(13,14)15)9(8)17(21)22/h1-2H,(H,16,19)(H,18,20). The van der Waals surface area contributed by atoms with Gasteiger partial charge >= 0.3 is 11.9 Å². The zero-order chi connectivity index (χ0) is 16.8. The van der Waals surface area contributed by atoms with Crippen LogP contribution in [0.25, 0.3) is 10.9 Å². The maximum atomic E-state index is 12.9. The number of nitrogens with zero attached hydrogens (tertiary/aromatic N) is 1. The van der Waals surface area contributed by atoms with E-state index in [1.165, 1.54) is 0 Å². The molecule has 0 spiro atoms. The van der Waals surface area contributed by atoms with Gasteiger partial charge in [-0.2, -0.15) is 13.2 Å². The Labute approximate surface area is 122 Å². The molecule has 2 rings (SSSR count). The maximum Gasteiger partial charge on any atom is 0.423 e. The van der Waals surface area contributed by atoms with Crippen molar-refractivity contribution >= 4 is 28.2 Å². The Morgan fingerprint density at radius 2 is 1.86 bits per heavy atom. The summed E-state index contributed by atoms with van der Waals surface area (Å²) in [7, 11) is 0. The van der Waals surface area contributed by atoms with Gasteiger partial charge in [-0.3, -0.25) is 19.7 Å². The number of alkyl halides is 3. The quantitative estimate of drug-likeness (QED) is 0.612. The smallest absolute Gasteiger partial charge is 0.423 e. The van der Waals surface area contributed by atoms with E-state index in [1.807, 2.05) is 4.98 Å². The number of hydrogen-bond donors (Lipinski definition) is 2. The minimum Gasteiger partial charge on any atom is -0.504 e. The second-order valence-electron chi connectivity index (χ2n) is 4.11. The first-order valence-corrected chi connectivity index (χ1v) is 5.76. The van der Waals surface area contributed by atoms with E-state index in [2.05, 4.69) is 0 Å². The summed E-state index contributed by atoms with van der Waals surface area (Å²) in [5, 5.41) is 18.3. The lowest BCUT2D eigenvalue weighted by molar-refractivity contribution is -0.387. The molecule has 0 aliphatic rings. The van der Waals surface area contributed by atoms with Crippen molar-refractivity contribution in [1.82, 2.24) is 4.98 Å². The third kappa shape index (κ3) is 2.48. The van der Waals surface area contributed by atoms with Crippen molar-refractivity contribution < 1.29 is 23.2 Å². The number of hydrogen-bond acceptors (Lipinski definition) is 5. The molecule has 0 saturated heterocycles. The normalized spacial score (nSPS) is 11.6. The van der Waals surface area contributed by atoms with Crippen LogP contribution >= 0.6 is 11.6 Å². The van der Waals surface area contributed by atoms with E-state index < -0.39 is 55.0 Å². The Kier molecular flexibility index (Phi) is 3.57. The molecule has 0 atom stereocenters. The van der Waals surface area contributed by atoms with Crippen LogP contribution in [-0.2, 0) is 6.18 Å². The van der Waals surface area contributed by atoms with Crippen molar-refractivity contribution in [1.29, 1.82) is 0 Å². The number of nitro benzene ring substituents is 1. The van der Waals surface area contributed by atoms with Crippen molar-refractivity contribution in [2.75, 3.05) is 0 Å². The number of halogens is 4. The molecular weight excluding hydrogens is 333 g/mol. The van der Waals surface area contributed by atoms with Crippen LogP contribution in [0.15, 0.2) is 21.7 Å². The molecule has 0 bridgehead atoms. The van der Waals surface area contributed by atoms with Crippen LogP contribution in [0.1, 0.15) is 5.56 Å². The average Bonchev–Trinajstić information content (AvgIpc) is 2.45. The van der Waals surface area contributed by atoms with Crippen LogP contribution in [0.4, 0.5) is 18.9 Å². The molecule has 0 amide bonds. The molecule has 0 saturated carbocycles. The Morgan fingerprint density at radius 3 is 2.36 bits per heavy atom. The zero-order valence-electron chi connectivity index (χ0n) is 10.2. The van der Waals surface area contributed by atoms with Crippen LogP contribution in [0.3, 0.4) is 0 Å². The number of nitro groups is 1. The fourth-order valence-electron chi connectivity index (χ4n) is 1.84. The summed E-state index contributed by atoms with van der Waals surface area (Å²) in [4.78, 5) is 34.5. The molecule has 1 aromatic carbocycles. The average molecular weight is 337 g/mol.